The quantitative estimate of drug-likeness (QED) is 0.296. The first-order chi connectivity index (χ1) is 20.1. The van der Waals surface area contributed by atoms with Crippen LogP contribution in [0, 0.1) is 6.92 Å². The van der Waals surface area contributed by atoms with Crippen LogP contribution >= 0.6 is 0 Å². The fourth-order valence-corrected chi connectivity index (χ4v) is 4.81. The van der Waals surface area contributed by atoms with Gasteiger partial charge in [-0.3, -0.25) is 4.79 Å². The molecular weight excluding hydrogens is 504 g/mol. The third kappa shape index (κ3) is 13.2. The molecule has 0 aliphatic carbocycles. The Labute approximate surface area is 248 Å². The van der Waals surface area contributed by atoms with Crippen molar-refractivity contribution in [1.29, 1.82) is 0 Å². The fraction of sp³-hybridized carbons (Fsp3) is 0.417. The summed E-state index contributed by atoms with van der Waals surface area (Å²) in [6.45, 7) is 15.1. The van der Waals surface area contributed by atoms with Crippen molar-refractivity contribution in [2.45, 2.75) is 59.5 Å². The van der Waals surface area contributed by atoms with Crippen LogP contribution in [-0.4, -0.2) is 59.5 Å². The van der Waals surface area contributed by atoms with Gasteiger partial charge in [-0.2, -0.15) is 0 Å². The Morgan fingerprint density at radius 1 is 0.707 bits per heavy atom. The molecule has 5 nitrogen and oxygen atoms in total. The lowest BCUT2D eigenvalue weighted by molar-refractivity contribution is -0.120. The summed E-state index contributed by atoms with van der Waals surface area (Å²) in [5.41, 5.74) is 5.27. The van der Waals surface area contributed by atoms with E-state index in [-0.39, 0.29) is 5.91 Å². The number of benzene rings is 2. The summed E-state index contributed by atoms with van der Waals surface area (Å²) in [7, 11) is 0. The maximum absolute atomic E-state index is 10.9. The number of aromatic nitrogens is 1. The van der Waals surface area contributed by atoms with Gasteiger partial charge < -0.3 is 19.7 Å². The van der Waals surface area contributed by atoms with Crippen molar-refractivity contribution in [3.63, 3.8) is 0 Å². The van der Waals surface area contributed by atoms with Crippen LogP contribution in [0.15, 0.2) is 97.3 Å². The molecule has 1 fully saturated rings. The number of rotatable bonds is 11. The van der Waals surface area contributed by atoms with Crippen molar-refractivity contribution < 1.29 is 4.79 Å². The molecule has 0 saturated carbocycles. The van der Waals surface area contributed by atoms with Crippen molar-refractivity contribution in [3.05, 3.63) is 120 Å². The number of nitrogens with zero attached hydrogens (tertiary/aromatic N) is 3. The molecule has 0 spiro atoms. The van der Waals surface area contributed by atoms with E-state index in [9.17, 15) is 4.79 Å². The molecule has 1 saturated heterocycles. The van der Waals surface area contributed by atoms with E-state index in [0.717, 1.165) is 24.9 Å². The van der Waals surface area contributed by atoms with Gasteiger partial charge in [0.1, 0.15) is 0 Å². The number of hydrogen-bond acceptors (Lipinski definition) is 3. The highest BCUT2D eigenvalue weighted by atomic mass is 16.1. The fourth-order valence-electron chi connectivity index (χ4n) is 4.81. The maximum Gasteiger partial charge on any atom is 0.219 e. The molecule has 220 valence electrons. The molecule has 1 N–H and O–H groups in total. The molecule has 1 aromatic heterocycles. The minimum atomic E-state index is 0.0962. The summed E-state index contributed by atoms with van der Waals surface area (Å²) in [5, 5.41) is 2.81. The Hall–Kier alpha value is -3.41. The van der Waals surface area contributed by atoms with Crippen molar-refractivity contribution >= 4 is 5.91 Å². The summed E-state index contributed by atoms with van der Waals surface area (Å²) < 4.78 is 2.36. The van der Waals surface area contributed by atoms with Gasteiger partial charge in [0.15, 0.2) is 0 Å². The number of aryl methyl sites for hydroxylation is 3. The molecule has 5 heteroatoms. The zero-order valence-electron chi connectivity index (χ0n) is 25.5. The van der Waals surface area contributed by atoms with Crippen LogP contribution in [0.1, 0.15) is 48.9 Å². The first-order valence-electron chi connectivity index (χ1n) is 15.3. The number of amides is 1. The minimum absolute atomic E-state index is 0.0962. The average Bonchev–Trinajstić information content (AvgIpc) is 3.11. The first kappa shape index (κ1) is 32.1. The third-order valence-corrected chi connectivity index (χ3v) is 7.51. The molecule has 1 aliphatic rings. The molecule has 4 rings (SSSR count). The molecule has 2 heterocycles. The second-order valence-electron chi connectivity index (χ2n) is 10.8. The SMILES string of the molecule is CCC(=O)NCc1ccccc1.CCc1cccc(C)ccn(CCCN2CCN(CCc3ccccc3)CC2)c1. The highest BCUT2D eigenvalue weighted by Gasteiger charge is 2.16. The molecule has 2 aromatic carbocycles. The van der Waals surface area contributed by atoms with Gasteiger partial charge in [0.2, 0.25) is 5.91 Å². The average molecular weight is 555 g/mol. The van der Waals surface area contributed by atoms with E-state index in [1.165, 1.54) is 62.4 Å². The Kier molecular flexibility index (Phi) is 14.8. The predicted octanol–water partition coefficient (Wildman–Crippen LogP) is 6.45. The van der Waals surface area contributed by atoms with Crippen LogP contribution in [0.25, 0.3) is 0 Å². The number of piperazine rings is 1. The topological polar surface area (TPSA) is 40.5 Å². The van der Waals surface area contributed by atoms with Crippen molar-refractivity contribution in [2.24, 2.45) is 0 Å². The van der Waals surface area contributed by atoms with Crippen LogP contribution in [-0.2, 0) is 30.7 Å². The molecular formula is C36H50N4O. The Morgan fingerprint density at radius 2 is 1.32 bits per heavy atom. The lowest BCUT2D eigenvalue weighted by Crippen LogP contribution is -2.47. The van der Waals surface area contributed by atoms with Crippen LogP contribution in [0.5, 0.6) is 0 Å². The standard InChI is InChI=1S/C26H37N3.C10H13NO/c1-3-25-12-7-9-24(2)13-17-29(23-25)16-8-15-27-19-21-28(22-20-27)18-14-26-10-5-4-6-11-26;1-2-10(12)11-8-9-6-4-3-5-7-9/h4-7,9-13,17,23H,3,8,14-16,18-22H2,1-2H3;3-7H,2,8H2,1H3,(H,11,12). The lowest BCUT2D eigenvalue weighted by atomic mass is 10.1. The third-order valence-electron chi connectivity index (χ3n) is 7.51. The second-order valence-corrected chi connectivity index (χ2v) is 10.8. The predicted molar refractivity (Wildman–Crippen MR) is 172 cm³/mol. The lowest BCUT2D eigenvalue weighted by Gasteiger charge is -2.34. The number of hydrogen-bond donors (Lipinski definition) is 1. The largest absolute Gasteiger partial charge is 0.354 e. The van der Waals surface area contributed by atoms with Gasteiger partial charge >= 0.3 is 0 Å². The second kappa shape index (κ2) is 18.8. The number of carbonyl (C=O) groups is 1. The summed E-state index contributed by atoms with van der Waals surface area (Å²) in [5.74, 6) is 0.0962. The maximum atomic E-state index is 10.9. The Morgan fingerprint density at radius 3 is 1.95 bits per heavy atom. The van der Waals surface area contributed by atoms with E-state index in [1.54, 1.807) is 0 Å². The molecule has 0 bridgehead atoms. The van der Waals surface area contributed by atoms with Crippen molar-refractivity contribution in [1.82, 2.24) is 19.7 Å². The molecule has 3 aromatic rings. The summed E-state index contributed by atoms with van der Waals surface area (Å²) >= 11 is 0. The summed E-state index contributed by atoms with van der Waals surface area (Å²) in [4.78, 5) is 16.1. The zero-order chi connectivity index (χ0) is 29.1. The molecule has 0 atom stereocenters. The van der Waals surface area contributed by atoms with Gasteiger partial charge in [0.05, 0.1) is 0 Å². The molecule has 0 radical (unpaired) electrons. The van der Waals surface area contributed by atoms with Crippen molar-refractivity contribution in [2.75, 3.05) is 39.3 Å². The van der Waals surface area contributed by atoms with Crippen LogP contribution in [0.2, 0.25) is 0 Å². The first-order valence-corrected chi connectivity index (χ1v) is 15.3. The van der Waals surface area contributed by atoms with E-state index >= 15 is 0 Å². The molecule has 1 aliphatic heterocycles. The monoisotopic (exact) mass is 554 g/mol. The number of nitrogens with one attached hydrogen (secondary N) is 1. The van der Waals surface area contributed by atoms with Gasteiger partial charge in [0.25, 0.3) is 0 Å². The highest BCUT2D eigenvalue weighted by Crippen LogP contribution is 2.07. The van der Waals surface area contributed by atoms with Crippen LogP contribution in [0.3, 0.4) is 0 Å². The van der Waals surface area contributed by atoms with Crippen molar-refractivity contribution in [3.8, 4) is 0 Å². The van der Waals surface area contributed by atoms with E-state index in [2.05, 4.69) is 101 Å². The minimum Gasteiger partial charge on any atom is -0.354 e. The van der Waals surface area contributed by atoms with Gasteiger partial charge in [0, 0.05) is 64.6 Å². The highest BCUT2D eigenvalue weighted by molar-refractivity contribution is 5.75. The van der Waals surface area contributed by atoms with Crippen LogP contribution < -0.4 is 5.32 Å². The van der Waals surface area contributed by atoms with Crippen LogP contribution in [0.4, 0.5) is 0 Å². The molecule has 0 unspecified atom stereocenters. The van der Waals surface area contributed by atoms with E-state index in [4.69, 9.17) is 0 Å². The molecule has 1 amide bonds. The van der Waals surface area contributed by atoms with Gasteiger partial charge in [-0.25, -0.2) is 0 Å². The van der Waals surface area contributed by atoms with Gasteiger partial charge in [-0.15, -0.1) is 0 Å². The number of carbonyl (C=O) groups excluding carboxylic acids is 1. The van der Waals surface area contributed by atoms with E-state index in [1.807, 2.05) is 37.3 Å². The molecule has 41 heavy (non-hydrogen) atoms. The Bertz CT molecular complexity index is 1180. The van der Waals surface area contributed by atoms with E-state index < -0.39 is 0 Å². The smallest absolute Gasteiger partial charge is 0.219 e. The van der Waals surface area contributed by atoms with Gasteiger partial charge in [-0.05, 0) is 61.1 Å². The van der Waals surface area contributed by atoms with Gasteiger partial charge in [-0.1, -0.05) is 92.7 Å². The normalized spacial score (nSPS) is 13.5. The summed E-state index contributed by atoms with van der Waals surface area (Å²) in [6.07, 6.45) is 8.52. The zero-order valence-corrected chi connectivity index (χ0v) is 25.5. The van der Waals surface area contributed by atoms with E-state index in [0.29, 0.717) is 13.0 Å². The summed E-state index contributed by atoms with van der Waals surface area (Å²) in [6, 6.07) is 29.5. The Balaban J connectivity index is 0.000000322.